The van der Waals surface area contributed by atoms with E-state index in [1.807, 2.05) is 4.90 Å². The first-order valence-corrected chi connectivity index (χ1v) is 10.1. The van der Waals surface area contributed by atoms with Crippen LogP contribution in [0.4, 0.5) is 22.7 Å². The van der Waals surface area contributed by atoms with Crippen molar-refractivity contribution < 1.29 is 19.2 Å². The average molecular weight is 426 g/mol. The first-order chi connectivity index (χ1) is 14.9. The molecule has 0 atom stereocenters. The molecule has 9 nitrogen and oxygen atoms in total. The number of nitro groups is 1. The minimum Gasteiger partial charge on any atom is -0.375 e. The van der Waals surface area contributed by atoms with Gasteiger partial charge in [-0.2, -0.15) is 0 Å². The lowest BCUT2D eigenvalue weighted by atomic mass is 9.98. The molecule has 0 radical (unpaired) electrons. The number of amides is 2. The Morgan fingerprint density at radius 1 is 1.10 bits per heavy atom. The molecule has 1 fully saturated rings. The second kappa shape index (κ2) is 10.0. The van der Waals surface area contributed by atoms with Crippen LogP contribution >= 0.6 is 0 Å². The van der Waals surface area contributed by atoms with E-state index in [9.17, 15) is 19.7 Å². The molecule has 1 heterocycles. The minimum absolute atomic E-state index is 0.0519. The number of hydrogen-bond acceptors (Lipinski definition) is 6. The van der Waals surface area contributed by atoms with Crippen molar-refractivity contribution in [3.05, 3.63) is 58.1 Å². The predicted molar refractivity (Wildman–Crippen MR) is 119 cm³/mol. The number of hydrogen-bond donors (Lipinski definition) is 2. The summed E-state index contributed by atoms with van der Waals surface area (Å²) < 4.78 is 4.76. The lowest BCUT2D eigenvalue weighted by Gasteiger charge is -2.31. The van der Waals surface area contributed by atoms with Gasteiger partial charge in [-0.15, -0.1) is 0 Å². The van der Waals surface area contributed by atoms with Crippen molar-refractivity contribution in [2.24, 2.45) is 5.92 Å². The van der Waals surface area contributed by atoms with Crippen LogP contribution in [0, 0.1) is 16.0 Å². The van der Waals surface area contributed by atoms with Gasteiger partial charge in [-0.1, -0.05) is 6.92 Å². The van der Waals surface area contributed by atoms with Gasteiger partial charge in [0.05, 0.1) is 4.92 Å². The monoisotopic (exact) mass is 426 g/mol. The van der Waals surface area contributed by atoms with E-state index in [-0.39, 0.29) is 23.8 Å². The van der Waals surface area contributed by atoms with Gasteiger partial charge < -0.3 is 20.3 Å². The molecular weight excluding hydrogens is 400 g/mol. The van der Waals surface area contributed by atoms with E-state index >= 15 is 0 Å². The summed E-state index contributed by atoms with van der Waals surface area (Å²) in [7, 11) is 1.43. The SMILES string of the molecule is COCC(=O)Nc1ccc(NC(=O)c2ccc(N3CCC(C)CC3)c([N+](=O)[O-])c2)cc1. The molecule has 1 aliphatic heterocycles. The van der Waals surface area contributed by atoms with E-state index in [1.165, 1.54) is 13.2 Å². The molecule has 0 saturated carbocycles. The Morgan fingerprint density at radius 2 is 1.71 bits per heavy atom. The van der Waals surface area contributed by atoms with Gasteiger partial charge in [0.2, 0.25) is 5.91 Å². The number of nitro benzene ring substituents is 1. The van der Waals surface area contributed by atoms with E-state index in [4.69, 9.17) is 4.74 Å². The van der Waals surface area contributed by atoms with Crippen molar-refractivity contribution in [1.29, 1.82) is 0 Å². The number of rotatable bonds is 7. The highest BCUT2D eigenvalue weighted by Crippen LogP contribution is 2.32. The zero-order chi connectivity index (χ0) is 22.4. The fraction of sp³-hybridized carbons (Fsp3) is 0.364. The lowest BCUT2D eigenvalue weighted by molar-refractivity contribution is -0.384. The Labute approximate surface area is 180 Å². The molecule has 0 spiro atoms. The smallest absolute Gasteiger partial charge is 0.293 e. The molecule has 0 unspecified atom stereocenters. The maximum absolute atomic E-state index is 12.6. The first-order valence-electron chi connectivity index (χ1n) is 10.1. The van der Waals surface area contributed by atoms with Gasteiger partial charge in [0, 0.05) is 43.2 Å². The summed E-state index contributed by atoms with van der Waals surface area (Å²) in [4.78, 5) is 37.4. The Hall–Kier alpha value is -3.46. The van der Waals surface area contributed by atoms with Crippen molar-refractivity contribution in [3.63, 3.8) is 0 Å². The summed E-state index contributed by atoms with van der Waals surface area (Å²) in [6.07, 6.45) is 1.97. The highest BCUT2D eigenvalue weighted by Gasteiger charge is 2.24. The zero-order valence-corrected chi connectivity index (χ0v) is 17.6. The molecule has 0 aliphatic carbocycles. The summed E-state index contributed by atoms with van der Waals surface area (Å²) in [6.45, 7) is 3.66. The number of methoxy groups -OCH3 is 1. The van der Waals surface area contributed by atoms with Gasteiger partial charge in [0.1, 0.15) is 12.3 Å². The second-order valence-electron chi connectivity index (χ2n) is 7.64. The Balaban J connectivity index is 1.70. The third-order valence-corrected chi connectivity index (χ3v) is 5.26. The standard InChI is InChI=1S/C22H26N4O5/c1-15-9-11-25(12-10-15)19-8-3-16(13-20(19)26(29)30)22(28)24-18-6-4-17(5-7-18)23-21(27)14-31-2/h3-8,13,15H,9-12,14H2,1-2H3,(H,23,27)(H,24,28). The number of nitrogens with one attached hydrogen (secondary N) is 2. The van der Waals surface area contributed by atoms with E-state index in [2.05, 4.69) is 17.6 Å². The van der Waals surface area contributed by atoms with E-state index in [0.29, 0.717) is 23.0 Å². The summed E-state index contributed by atoms with van der Waals surface area (Å²) in [5, 5.41) is 17.0. The van der Waals surface area contributed by atoms with Crippen LogP contribution < -0.4 is 15.5 Å². The number of ether oxygens (including phenoxy) is 1. The zero-order valence-electron chi connectivity index (χ0n) is 17.6. The number of nitrogens with zero attached hydrogens (tertiary/aromatic N) is 2. The van der Waals surface area contributed by atoms with Crippen molar-refractivity contribution in [1.82, 2.24) is 0 Å². The average Bonchev–Trinajstić information content (AvgIpc) is 2.75. The quantitative estimate of drug-likeness (QED) is 0.516. The number of piperidine rings is 1. The largest absolute Gasteiger partial charge is 0.375 e. The Morgan fingerprint density at radius 3 is 2.29 bits per heavy atom. The summed E-state index contributed by atoms with van der Waals surface area (Å²) in [5.41, 5.74) is 1.75. The third-order valence-electron chi connectivity index (χ3n) is 5.26. The van der Waals surface area contributed by atoms with Gasteiger partial charge in [-0.3, -0.25) is 19.7 Å². The van der Waals surface area contributed by atoms with Crippen LogP contribution in [0.1, 0.15) is 30.1 Å². The molecule has 2 N–H and O–H groups in total. The third kappa shape index (κ3) is 5.79. The van der Waals surface area contributed by atoms with Gasteiger partial charge in [0.15, 0.2) is 0 Å². The molecule has 31 heavy (non-hydrogen) atoms. The normalized spacial score (nSPS) is 14.2. The molecule has 164 valence electrons. The van der Waals surface area contributed by atoms with Crippen molar-refractivity contribution in [2.75, 3.05) is 42.3 Å². The minimum atomic E-state index is -0.446. The Bertz CT molecular complexity index is 953. The Kier molecular flexibility index (Phi) is 7.19. The van der Waals surface area contributed by atoms with Crippen LogP contribution in [0.15, 0.2) is 42.5 Å². The molecule has 1 saturated heterocycles. The summed E-state index contributed by atoms with van der Waals surface area (Å²) in [5.74, 6) is -0.118. The highest BCUT2D eigenvalue weighted by atomic mass is 16.6. The van der Waals surface area contributed by atoms with Crippen LogP contribution in [-0.4, -0.2) is 43.5 Å². The number of anilines is 3. The molecule has 0 aromatic heterocycles. The summed E-state index contributed by atoms with van der Waals surface area (Å²) >= 11 is 0. The van der Waals surface area contributed by atoms with E-state index in [1.54, 1.807) is 36.4 Å². The molecular formula is C22H26N4O5. The highest BCUT2D eigenvalue weighted by molar-refractivity contribution is 6.05. The van der Waals surface area contributed by atoms with Crippen LogP contribution in [0.25, 0.3) is 0 Å². The molecule has 9 heteroatoms. The predicted octanol–water partition coefficient (Wildman–Crippen LogP) is 3.67. The van der Waals surface area contributed by atoms with E-state index < -0.39 is 10.8 Å². The number of benzene rings is 2. The van der Waals surface area contributed by atoms with Crippen LogP contribution in [0.2, 0.25) is 0 Å². The van der Waals surface area contributed by atoms with Crippen LogP contribution in [-0.2, 0) is 9.53 Å². The number of carbonyl (C=O) groups is 2. The molecule has 0 bridgehead atoms. The van der Waals surface area contributed by atoms with E-state index in [0.717, 1.165) is 25.9 Å². The van der Waals surface area contributed by atoms with Gasteiger partial charge >= 0.3 is 0 Å². The first kappa shape index (κ1) is 22.2. The molecule has 2 aromatic rings. The molecule has 2 aromatic carbocycles. The van der Waals surface area contributed by atoms with Crippen LogP contribution in [0.5, 0.6) is 0 Å². The van der Waals surface area contributed by atoms with Crippen LogP contribution in [0.3, 0.4) is 0 Å². The fourth-order valence-corrected chi connectivity index (χ4v) is 3.50. The maximum atomic E-state index is 12.6. The lowest BCUT2D eigenvalue weighted by Crippen LogP contribution is -2.33. The maximum Gasteiger partial charge on any atom is 0.293 e. The fourth-order valence-electron chi connectivity index (χ4n) is 3.50. The molecule has 2 amide bonds. The molecule has 1 aliphatic rings. The van der Waals surface area contributed by atoms with Crippen molar-refractivity contribution in [3.8, 4) is 0 Å². The second-order valence-corrected chi connectivity index (χ2v) is 7.64. The summed E-state index contributed by atoms with van der Waals surface area (Å²) in [6, 6.07) is 11.1. The van der Waals surface area contributed by atoms with Crippen molar-refractivity contribution in [2.45, 2.75) is 19.8 Å². The van der Waals surface area contributed by atoms with Gasteiger partial charge in [0.25, 0.3) is 11.6 Å². The van der Waals surface area contributed by atoms with Crippen molar-refractivity contribution >= 4 is 34.6 Å². The van der Waals surface area contributed by atoms with Gasteiger partial charge in [-0.25, -0.2) is 0 Å². The topological polar surface area (TPSA) is 114 Å². The molecule has 3 rings (SSSR count). The van der Waals surface area contributed by atoms with Gasteiger partial charge in [-0.05, 0) is 55.2 Å². The number of carbonyl (C=O) groups excluding carboxylic acids is 2.